The molecule has 5 nitrogen and oxygen atoms in total. The van der Waals surface area contributed by atoms with Crippen LogP contribution in [0.2, 0.25) is 0 Å². The van der Waals surface area contributed by atoms with E-state index in [1.807, 2.05) is 24.3 Å². The molecular weight excluding hydrogens is 252 g/mol. The minimum absolute atomic E-state index is 0.160. The quantitative estimate of drug-likeness (QED) is 0.904. The zero-order valence-electron chi connectivity index (χ0n) is 11.3. The van der Waals surface area contributed by atoms with Crippen molar-refractivity contribution in [2.75, 3.05) is 30.4 Å². The third-order valence-corrected chi connectivity index (χ3v) is 3.48. The van der Waals surface area contributed by atoms with E-state index in [1.165, 1.54) is 5.56 Å². The highest BCUT2D eigenvalue weighted by molar-refractivity contribution is 5.44. The predicted molar refractivity (Wildman–Crippen MR) is 78.4 cm³/mol. The van der Waals surface area contributed by atoms with E-state index in [4.69, 9.17) is 10.5 Å². The van der Waals surface area contributed by atoms with Gasteiger partial charge >= 0.3 is 0 Å². The van der Waals surface area contributed by atoms with Gasteiger partial charge in [-0.05, 0) is 18.1 Å². The van der Waals surface area contributed by atoms with Crippen molar-refractivity contribution < 1.29 is 4.74 Å². The second-order valence-electron chi connectivity index (χ2n) is 4.82. The van der Waals surface area contributed by atoms with Crippen LogP contribution >= 0.6 is 0 Å². The molecule has 0 amide bonds. The van der Waals surface area contributed by atoms with Crippen LogP contribution in [-0.2, 0) is 4.74 Å². The Bertz CT molecular complexity index is 561. The summed E-state index contributed by atoms with van der Waals surface area (Å²) in [5, 5.41) is 0. The summed E-state index contributed by atoms with van der Waals surface area (Å²) < 4.78 is 5.73. The van der Waals surface area contributed by atoms with Crippen LogP contribution in [0, 0.1) is 0 Å². The number of anilines is 2. The lowest BCUT2D eigenvalue weighted by atomic mass is 10.1. The molecule has 0 spiro atoms. The predicted octanol–water partition coefficient (Wildman–Crippen LogP) is 2.03. The Hall–Kier alpha value is -2.14. The molecule has 2 heterocycles. The van der Waals surface area contributed by atoms with Gasteiger partial charge in [0.15, 0.2) is 0 Å². The first-order valence-corrected chi connectivity index (χ1v) is 6.82. The van der Waals surface area contributed by atoms with Crippen LogP contribution in [0.4, 0.5) is 11.8 Å². The summed E-state index contributed by atoms with van der Waals surface area (Å²) in [5.41, 5.74) is 6.94. The zero-order chi connectivity index (χ0) is 13.8. The van der Waals surface area contributed by atoms with Gasteiger partial charge in [-0.3, -0.25) is 0 Å². The van der Waals surface area contributed by atoms with Gasteiger partial charge in [-0.15, -0.1) is 0 Å². The van der Waals surface area contributed by atoms with Crippen LogP contribution in [0.3, 0.4) is 0 Å². The van der Waals surface area contributed by atoms with Crippen LogP contribution in [0.25, 0.3) is 0 Å². The molecule has 20 heavy (non-hydrogen) atoms. The molecule has 2 aromatic rings. The molecule has 0 bridgehead atoms. The number of nitrogens with zero attached hydrogens (tertiary/aromatic N) is 3. The van der Waals surface area contributed by atoms with Crippen LogP contribution in [-0.4, -0.2) is 29.7 Å². The maximum Gasteiger partial charge on any atom is 0.221 e. The summed E-state index contributed by atoms with van der Waals surface area (Å²) >= 11 is 0. The monoisotopic (exact) mass is 270 g/mol. The fraction of sp³-hybridized carbons (Fsp3) is 0.333. The second kappa shape index (κ2) is 5.88. The molecule has 0 saturated carbocycles. The first-order valence-electron chi connectivity index (χ1n) is 6.82. The molecule has 1 atom stereocenters. The van der Waals surface area contributed by atoms with Gasteiger partial charge in [-0.2, -0.15) is 4.98 Å². The highest BCUT2D eigenvalue weighted by Crippen LogP contribution is 2.28. The Kier molecular flexibility index (Phi) is 3.78. The summed E-state index contributed by atoms with van der Waals surface area (Å²) in [6, 6.07) is 12.4. The third-order valence-electron chi connectivity index (χ3n) is 3.48. The van der Waals surface area contributed by atoms with E-state index in [1.54, 1.807) is 6.20 Å². The van der Waals surface area contributed by atoms with Gasteiger partial charge in [0.1, 0.15) is 5.82 Å². The van der Waals surface area contributed by atoms with Gasteiger partial charge in [0, 0.05) is 19.3 Å². The Morgan fingerprint density at radius 3 is 2.85 bits per heavy atom. The van der Waals surface area contributed by atoms with Crippen molar-refractivity contribution >= 4 is 11.8 Å². The van der Waals surface area contributed by atoms with E-state index >= 15 is 0 Å². The summed E-state index contributed by atoms with van der Waals surface area (Å²) in [5.74, 6) is 1.16. The van der Waals surface area contributed by atoms with Crippen molar-refractivity contribution in [3.8, 4) is 0 Å². The summed E-state index contributed by atoms with van der Waals surface area (Å²) in [4.78, 5) is 10.6. The Morgan fingerprint density at radius 1 is 1.20 bits per heavy atom. The van der Waals surface area contributed by atoms with Crippen LogP contribution < -0.4 is 10.6 Å². The van der Waals surface area contributed by atoms with E-state index in [2.05, 4.69) is 27.0 Å². The molecule has 1 aliphatic rings. The number of hydrogen-bond donors (Lipinski definition) is 1. The lowest BCUT2D eigenvalue weighted by molar-refractivity contribution is 0.134. The Balaban J connectivity index is 1.96. The Labute approximate surface area is 118 Å². The molecule has 0 aliphatic carbocycles. The minimum Gasteiger partial charge on any atom is -0.379 e. The van der Waals surface area contributed by atoms with E-state index in [-0.39, 0.29) is 6.04 Å². The second-order valence-corrected chi connectivity index (χ2v) is 4.82. The summed E-state index contributed by atoms with van der Waals surface area (Å²) in [6.07, 6.45) is 2.68. The molecule has 104 valence electrons. The fourth-order valence-electron chi connectivity index (χ4n) is 2.53. The molecule has 2 N–H and O–H groups in total. The van der Waals surface area contributed by atoms with Gasteiger partial charge in [-0.25, -0.2) is 4.98 Å². The molecule has 0 radical (unpaired) electrons. The van der Waals surface area contributed by atoms with Crippen LogP contribution in [0.1, 0.15) is 18.0 Å². The first-order chi connectivity index (χ1) is 9.84. The zero-order valence-corrected chi connectivity index (χ0v) is 11.3. The number of benzene rings is 1. The summed E-state index contributed by atoms with van der Waals surface area (Å²) in [7, 11) is 0. The van der Waals surface area contributed by atoms with Crippen LogP contribution in [0.5, 0.6) is 0 Å². The fourth-order valence-corrected chi connectivity index (χ4v) is 2.53. The lowest BCUT2D eigenvalue weighted by Crippen LogP contribution is -2.31. The molecule has 1 aliphatic heterocycles. The molecule has 1 saturated heterocycles. The largest absolute Gasteiger partial charge is 0.379 e. The third kappa shape index (κ3) is 2.72. The van der Waals surface area contributed by atoms with E-state index in [9.17, 15) is 0 Å². The van der Waals surface area contributed by atoms with Crippen molar-refractivity contribution in [1.29, 1.82) is 0 Å². The van der Waals surface area contributed by atoms with Gasteiger partial charge in [0.2, 0.25) is 5.95 Å². The average molecular weight is 270 g/mol. The standard InChI is InChI=1S/C15H18N4O/c16-15-17-8-7-14(18-15)19-9-4-10-20-11-13(19)12-5-2-1-3-6-12/h1-3,5-8,13H,4,9-11H2,(H2,16,17,18). The number of nitrogen functional groups attached to an aromatic ring is 1. The SMILES string of the molecule is Nc1nccc(N2CCCOCC2c2ccccc2)n1. The number of aromatic nitrogens is 2. The van der Waals surface area contributed by atoms with Gasteiger partial charge in [-0.1, -0.05) is 30.3 Å². The molecule has 5 heteroatoms. The molecule has 1 aromatic carbocycles. The number of rotatable bonds is 2. The van der Waals surface area contributed by atoms with Crippen molar-refractivity contribution in [1.82, 2.24) is 9.97 Å². The van der Waals surface area contributed by atoms with Crippen molar-refractivity contribution in [2.45, 2.75) is 12.5 Å². The molecule has 1 aromatic heterocycles. The molecule has 1 unspecified atom stereocenters. The van der Waals surface area contributed by atoms with Gasteiger partial charge in [0.25, 0.3) is 0 Å². The van der Waals surface area contributed by atoms with Gasteiger partial charge in [0.05, 0.1) is 12.6 Å². The molecule has 1 fully saturated rings. The average Bonchev–Trinajstić information content (AvgIpc) is 2.74. The number of nitrogens with two attached hydrogens (primary N) is 1. The highest BCUT2D eigenvalue weighted by Gasteiger charge is 2.24. The number of ether oxygens (including phenoxy) is 1. The van der Waals surface area contributed by atoms with Gasteiger partial charge < -0.3 is 15.4 Å². The highest BCUT2D eigenvalue weighted by atomic mass is 16.5. The summed E-state index contributed by atoms with van der Waals surface area (Å²) in [6.45, 7) is 2.34. The maximum absolute atomic E-state index is 5.73. The first kappa shape index (κ1) is 12.9. The van der Waals surface area contributed by atoms with E-state index in [0.717, 1.165) is 25.4 Å². The topological polar surface area (TPSA) is 64.3 Å². The van der Waals surface area contributed by atoms with Crippen LogP contribution in [0.15, 0.2) is 42.6 Å². The van der Waals surface area contributed by atoms with Crippen molar-refractivity contribution in [3.63, 3.8) is 0 Å². The van der Waals surface area contributed by atoms with Crippen molar-refractivity contribution in [2.24, 2.45) is 0 Å². The maximum atomic E-state index is 5.73. The normalized spacial score (nSPS) is 19.6. The van der Waals surface area contributed by atoms with E-state index in [0.29, 0.717) is 12.6 Å². The molecule has 3 rings (SSSR count). The molecular formula is C15H18N4O. The number of hydrogen-bond acceptors (Lipinski definition) is 5. The van der Waals surface area contributed by atoms with E-state index < -0.39 is 0 Å². The lowest BCUT2D eigenvalue weighted by Gasteiger charge is -2.30. The smallest absolute Gasteiger partial charge is 0.221 e. The van der Waals surface area contributed by atoms with Crippen molar-refractivity contribution in [3.05, 3.63) is 48.2 Å². The Morgan fingerprint density at radius 2 is 2.05 bits per heavy atom. The minimum atomic E-state index is 0.160.